The van der Waals surface area contributed by atoms with Gasteiger partial charge in [-0.15, -0.1) is 4.84 Å². The van der Waals surface area contributed by atoms with Crippen LogP contribution in [0.3, 0.4) is 0 Å². The van der Waals surface area contributed by atoms with E-state index < -0.39 is 86.2 Å². The van der Waals surface area contributed by atoms with E-state index in [1.54, 1.807) is 12.2 Å². The van der Waals surface area contributed by atoms with Gasteiger partial charge in [0.15, 0.2) is 18.0 Å². The second-order valence-corrected chi connectivity index (χ2v) is 9.83. The van der Waals surface area contributed by atoms with Gasteiger partial charge < -0.3 is 9.84 Å². The molecule has 1 saturated carbocycles. The van der Waals surface area contributed by atoms with Crippen molar-refractivity contribution in [3.63, 3.8) is 0 Å². The zero-order chi connectivity index (χ0) is 23.9. The Hall–Kier alpha value is -2.39. The molecule has 2 bridgehead atoms. The molecule has 4 rings (SSSR count). The Kier molecular flexibility index (Phi) is 4.85. The Labute approximate surface area is 179 Å². The number of imide groups is 1. The SMILES string of the molecule is C=C(C)C(=O)C1(O)COC(=O)C(F)(F)S(=O)(=O)O[N+]2(OC1)C(=O)C1C3C=CC(C3)C1C2=O. The van der Waals surface area contributed by atoms with Crippen molar-refractivity contribution in [2.75, 3.05) is 13.2 Å². The van der Waals surface area contributed by atoms with Gasteiger partial charge in [-0.25, -0.2) is 14.4 Å². The van der Waals surface area contributed by atoms with Crippen molar-refractivity contribution in [2.45, 2.75) is 24.2 Å². The molecule has 0 aromatic heterocycles. The Morgan fingerprint density at radius 2 is 1.69 bits per heavy atom. The monoisotopic (exact) mass is 478 g/mol. The number of ether oxygens (including phenoxy) is 1. The number of Topliss-reactive ketones (excluding diaryl/α,β-unsaturated/α-hetero) is 1. The molecule has 4 aliphatic rings. The summed E-state index contributed by atoms with van der Waals surface area (Å²) in [6.07, 6.45) is 3.70. The van der Waals surface area contributed by atoms with Gasteiger partial charge in [0.1, 0.15) is 23.3 Å². The number of nitrogens with zero attached hydrogens (tertiary/aromatic N) is 1. The van der Waals surface area contributed by atoms with E-state index in [0.29, 0.717) is 6.42 Å². The molecular weight excluding hydrogens is 460 g/mol. The van der Waals surface area contributed by atoms with Crippen LogP contribution in [0.5, 0.6) is 0 Å². The maximum absolute atomic E-state index is 14.4. The van der Waals surface area contributed by atoms with E-state index in [1.165, 1.54) is 0 Å². The van der Waals surface area contributed by atoms with Crippen molar-refractivity contribution in [3.8, 4) is 0 Å². The number of alkyl halides is 2. The molecule has 2 heterocycles. The maximum atomic E-state index is 14.4. The molecule has 5 unspecified atom stereocenters. The molecule has 14 heteroatoms. The first-order valence-corrected chi connectivity index (χ1v) is 10.8. The smallest absolute Gasteiger partial charge is 0.457 e. The minimum Gasteiger partial charge on any atom is -0.457 e. The van der Waals surface area contributed by atoms with Gasteiger partial charge in [-0.3, -0.25) is 4.79 Å². The summed E-state index contributed by atoms with van der Waals surface area (Å²) in [5.41, 5.74) is -3.16. The summed E-state index contributed by atoms with van der Waals surface area (Å²) in [7, 11) is -6.29. The molecule has 32 heavy (non-hydrogen) atoms. The molecule has 5 atom stereocenters. The summed E-state index contributed by atoms with van der Waals surface area (Å²) < 4.78 is 61.9. The number of cyclic esters (lactones) is 1. The Balaban J connectivity index is 1.83. The number of hydroxylamine groups is 4. The van der Waals surface area contributed by atoms with Gasteiger partial charge in [-0.05, 0) is 35.0 Å². The molecule has 2 aliphatic carbocycles. The Morgan fingerprint density at radius 3 is 2.19 bits per heavy atom. The normalized spacial score (nSPS) is 42.1. The van der Waals surface area contributed by atoms with Gasteiger partial charge in [0.05, 0.1) is 0 Å². The van der Waals surface area contributed by atoms with Crippen LogP contribution >= 0.6 is 0 Å². The third-order valence-electron chi connectivity index (χ3n) is 6.10. The molecule has 1 N–H and O–H groups in total. The summed E-state index contributed by atoms with van der Waals surface area (Å²) in [5, 5.41) is 5.29. The minimum absolute atomic E-state index is 0.297. The molecule has 2 aliphatic heterocycles. The van der Waals surface area contributed by atoms with E-state index in [9.17, 15) is 41.5 Å². The molecule has 0 aromatic carbocycles. The molecule has 11 nitrogen and oxygen atoms in total. The number of aliphatic hydroxyl groups is 1. The van der Waals surface area contributed by atoms with Gasteiger partial charge in [0, 0.05) is 0 Å². The van der Waals surface area contributed by atoms with Gasteiger partial charge in [0.2, 0.25) is 0 Å². The lowest BCUT2D eigenvalue weighted by atomic mass is 9.85. The lowest BCUT2D eigenvalue weighted by Crippen LogP contribution is -2.62. The number of halogens is 2. The molecule has 3 fully saturated rings. The second kappa shape index (κ2) is 6.81. The number of quaternary nitrogens is 1. The van der Waals surface area contributed by atoms with Gasteiger partial charge >= 0.3 is 33.2 Å². The Morgan fingerprint density at radius 1 is 1.16 bits per heavy atom. The van der Waals surface area contributed by atoms with Crippen LogP contribution in [0.1, 0.15) is 13.3 Å². The van der Waals surface area contributed by atoms with Gasteiger partial charge in [0.25, 0.3) is 0 Å². The maximum Gasteiger partial charge on any atom is 0.471 e. The third kappa shape index (κ3) is 2.86. The first-order chi connectivity index (χ1) is 14.7. The van der Waals surface area contributed by atoms with Crippen LogP contribution in [-0.4, -0.2) is 66.0 Å². The highest BCUT2D eigenvalue weighted by Gasteiger charge is 2.77. The van der Waals surface area contributed by atoms with E-state index in [1.807, 2.05) is 0 Å². The van der Waals surface area contributed by atoms with E-state index in [4.69, 9.17) is 4.84 Å². The fourth-order valence-electron chi connectivity index (χ4n) is 4.54. The highest BCUT2D eigenvalue weighted by Crippen LogP contribution is 2.55. The molecule has 0 aromatic rings. The number of amides is 2. The molecule has 174 valence electrons. The quantitative estimate of drug-likeness (QED) is 0.181. The summed E-state index contributed by atoms with van der Waals surface area (Å²) in [4.78, 5) is 53.2. The van der Waals surface area contributed by atoms with Crippen molar-refractivity contribution in [3.05, 3.63) is 24.3 Å². The third-order valence-corrected chi connectivity index (χ3v) is 7.30. The molecule has 2 amide bonds. The van der Waals surface area contributed by atoms with Crippen LogP contribution < -0.4 is 0 Å². The zero-order valence-electron chi connectivity index (χ0n) is 16.5. The van der Waals surface area contributed by atoms with Crippen molar-refractivity contribution in [1.29, 1.82) is 0 Å². The summed E-state index contributed by atoms with van der Waals surface area (Å²) in [6.45, 7) is 1.71. The van der Waals surface area contributed by atoms with Crippen LogP contribution in [0.15, 0.2) is 24.3 Å². The minimum atomic E-state index is -6.29. The summed E-state index contributed by atoms with van der Waals surface area (Å²) in [5.74, 6) is -9.69. The highest BCUT2D eigenvalue weighted by atomic mass is 32.2. The van der Waals surface area contributed by atoms with Crippen LogP contribution in [0.4, 0.5) is 8.78 Å². The van der Waals surface area contributed by atoms with E-state index in [2.05, 4.69) is 15.6 Å². The standard InChI is InChI=1S/C18H18F2NO10S/c1-8(2)13(22)17(26)6-29-16(25)18(19,20)32(27,28)31-21(30-7-17)14(23)11-9-3-4-10(5-9)12(11)15(21)24/h3-4,9-12,26H,1,5-7H2,2H3/q+1. The fraction of sp³-hybridized carbons (Fsp3) is 0.556. The van der Waals surface area contributed by atoms with E-state index >= 15 is 0 Å². The highest BCUT2D eigenvalue weighted by molar-refractivity contribution is 7.88. The molecule has 0 radical (unpaired) electrons. The van der Waals surface area contributed by atoms with Crippen LogP contribution in [-0.2, 0) is 43.2 Å². The molecule has 2 saturated heterocycles. The average Bonchev–Trinajstić information content (AvgIpc) is 3.38. The lowest BCUT2D eigenvalue weighted by Gasteiger charge is -2.32. The number of ketones is 1. The predicted octanol–water partition coefficient (Wildman–Crippen LogP) is -0.473. The lowest BCUT2D eigenvalue weighted by molar-refractivity contribution is -1.11. The largest absolute Gasteiger partial charge is 0.471 e. The second-order valence-electron chi connectivity index (χ2n) is 8.26. The van der Waals surface area contributed by atoms with Gasteiger partial charge in [-0.2, -0.15) is 17.2 Å². The summed E-state index contributed by atoms with van der Waals surface area (Å²) >= 11 is 0. The van der Waals surface area contributed by atoms with Gasteiger partial charge in [-0.1, -0.05) is 18.7 Å². The topological polar surface area (TPSA) is 150 Å². The van der Waals surface area contributed by atoms with E-state index in [-0.39, 0.29) is 5.57 Å². The zero-order valence-corrected chi connectivity index (χ0v) is 17.3. The molecule has 1 spiro atoms. The number of hydrogen-bond acceptors (Lipinski definition) is 10. The van der Waals surface area contributed by atoms with Crippen molar-refractivity contribution < 1.29 is 60.2 Å². The van der Waals surface area contributed by atoms with E-state index in [0.717, 1.165) is 6.92 Å². The first kappa shape index (κ1) is 22.8. The predicted molar refractivity (Wildman–Crippen MR) is 94.6 cm³/mol. The van der Waals surface area contributed by atoms with Crippen molar-refractivity contribution >= 4 is 33.7 Å². The van der Waals surface area contributed by atoms with Crippen LogP contribution in [0, 0.1) is 23.7 Å². The fourth-order valence-corrected chi connectivity index (χ4v) is 5.37. The number of carbonyl (C=O) groups excluding carboxylic acids is 4. The average molecular weight is 478 g/mol. The molecular formula is C18H18F2NO10S+. The number of hydrogen-bond donors (Lipinski definition) is 1. The number of rotatable bonds is 2. The van der Waals surface area contributed by atoms with Crippen LogP contribution in [0.25, 0.3) is 0 Å². The number of esters is 1. The summed E-state index contributed by atoms with van der Waals surface area (Å²) in [6, 6.07) is 0. The number of carbonyl (C=O) groups is 4. The first-order valence-electron chi connectivity index (χ1n) is 9.42. The Bertz CT molecular complexity index is 1070. The number of allylic oxidation sites excluding steroid dienone is 2. The number of fused-ring (bicyclic) bond motifs is 5. The van der Waals surface area contributed by atoms with Crippen molar-refractivity contribution in [2.24, 2.45) is 23.7 Å². The van der Waals surface area contributed by atoms with Crippen LogP contribution in [0.2, 0.25) is 0 Å². The van der Waals surface area contributed by atoms with Crippen molar-refractivity contribution in [1.82, 2.24) is 0 Å².